The summed E-state index contributed by atoms with van der Waals surface area (Å²) in [6, 6.07) is 0. The molecule has 0 spiro atoms. The average molecular weight is 358 g/mol. The number of alkyl halides is 1. The van der Waals surface area contributed by atoms with Gasteiger partial charge in [0.05, 0.1) is 6.10 Å². The molecule has 1 radical (unpaired) electrons. The molecule has 3 fully saturated rings. The number of fused-ring (bicyclic) bond motifs is 3. The molecule has 3 rings (SSSR count). The summed E-state index contributed by atoms with van der Waals surface area (Å²) in [6.07, 6.45) is 20.1. The van der Waals surface area contributed by atoms with Gasteiger partial charge < -0.3 is 4.74 Å². The number of hydrogen-bond acceptors (Lipinski definition) is 1. The van der Waals surface area contributed by atoms with E-state index < -0.39 is 0 Å². The highest BCUT2D eigenvalue weighted by atomic mass is 79.9. The first-order valence-electron chi connectivity index (χ1n) is 9.44. The van der Waals surface area contributed by atoms with Crippen molar-refractivity contribution in [2.75, 3.05) is 5.33 Å². The minimum absolute atomic E-state index is 0.560. The van der Waals surface area contributed by atoms with Gasteiger partial charge in [0, 0.05) is 11.2 Å². The third-order valence-electron chi connectivity index (χ3n) is 5.37. The lowest BCUT2D eigenvalue weighted by Gasteiger charge is -2.44. The van der Waals surface area contributed by atoms with Gasteiger partial charge in [0.1, 0.15) is 6.10 Å². The van der Waals surface area contributed by atoms with Gasteiger partial charge in [0.15, 0.2) is 0 Å². The molecule has 0 aromatic carbocycles. The van der Waals surface area contributed by atoms with Crippen LogP contribution in [0.15, 0.2) is 0 Å². The van der Waals surface area contributed by atoms with Gasteiger partial charge in [-0.3, -0.25) is 0 Å². The number of rotatable bonds is 11. The summed E-state index contributed by atoms with van der Waals surface area (Å²) in [7, 11) is 0. The van der Waals surface area contributed by atoms with Crippen molar-refractivity contribution in [3.8, 4) is 0 Å². The summed E-state index contributed by atoms with van der Waals surface area (Å²) in [5, 5.41) is 1.10. The molecule has 1 atom stereocenters. The minimum atomic E-state index is 0.560. The Kier molecular flexibility index (Phi) is 8.69. The van der Waals surface area contributed by atoms with Crippen molar-refractivity contribution in [2.45, 2.75) is 96.5 Å². The summed E-state index contributed by atoms with van der Waals surface area (Å²) in [6.45, 7) is 2.29. The normalized spacial score (nSPS) is 27.1. The number of unbranched alkanes of at least 4 members (excludes halogenated alkanes) is 7. The molecule has 0 aromatic heterocycles. The van der Waals surface area contributed by atoms with Crippen molar-refractivity contribution < 1.29 is 4.74 Å². The van der Waals surface area contributed by atoms with Gasteiger partial charge in [-0.25, -0.2) is 0 Å². The zero-order chi connectivity index (χ0) is 14.9. The van der Waals surface area contributed by atoms with Crippen molar-refractivity contribution in [3.63, 3.8) is 0 Å². The van der Waals surface area contributed by atoms with Crippen LogP contribution in [0.2, 0.25) is 0 Å². The van der Waals surface area contributed by atoms with Crippen molar-refractivity contribution in [1.82, 2.24) is 0 Å². The van der Waals surface area contributed by atoms with Gasteiger partial charge in [0.25, 0.3) is 0 Å². The fourth-order valence-corrected chi connectivity index (χ4v) is 4.65. The standard InChI is InChI=1S/C19H34BrO/c1-2-3-4-5-6-7-8-9-10-17(15-20)19-16-11-13-18(21-19)14-12-16/h16-18H,2-15H2,1H3. The van der Waals surface area contributed by atoms with Crippen molar-refractivity contribution in [3.05, 3.63) is 6.10 Å². The van der Waals surface area contributed by atoms with Crippen LogP contribution in [0.25, 0.3) is 0 Å². The monoisotopic (exact) mass is 357 g/mol. The van der Waals surface area contributed by atoms with Crippen LogP contribution in [0.4, 0.5) is 0 Å². The van der Waals surface area contributed by atoms with E-state index in [-0.39, 0.29) is 0 Å². The van der Waals surface area contributed by atoms with E-state index in [1.165, 1.54) is 89.6 Å². The Morgan fingerprint density at radius 1 is 0.952 bits per heavy atom. The summed E-state index contributed by atoms with van der Waals surface area (Å²) < 4.78 is 6.25. The van der Waals surface area contributed by atoms with Crippen LogP contribution in [0.3, 0.4) is 0 Å². The Labute approximate surface area is 140 Å². The molecular weight excluding hydrogens is 324 g/mol. The van der Waals surface area contributed by atoms with Gasteiger partial charge in [0.2, 0.25) is 0 Å². The third kappa shape index (κ3) is 5.86. The SMILES string of the molecule is CCCCCCCCCCC(CBr)[C]1OC2CCC1CC2. The maximum absolute atomic E-state index is 6.25. The second-order valence-electron chi connectivity index (χ2n) is 7.11. The van der Waals surface area contributed by atoms with Gasteiger partial charge >= 0.3 is 0 Å². The Bertz CT molecular complexity index is 260. The molecule has 0 N–H and O–H groups in total. The van der Waals surface area contributed by atoms with E-state index in [1.54, 1.807) is 0 Å². The van der Waals surface area contributed by atoms with Gasteiger partial charge in [-0.05, 0) is 38.0 Å². The summed E-state index contributed by atoms with van der Waals surface area (Å²) in [5.74, 6) is 1.46. The molecule has 1 saturated carbocycles. The number of halogens is 1. The smallest absolute Gasteiger partial charge is 0.104 e. The molecule has 2 heteroatoms. The van der Waals surface area contributed by atoms with Crippen molar-refractivity contribution in [2.24, 2.45) is 11.8 Å². The maximum Gasteiger partial charge on any atom is 0.104 e. The van der Waals surface area contributed by atoms with E-state index in [9.17, 15) is 0 Å². The van der Waals surface area contributed by atoms with E-state index in [2.05, 4.69) is 22.9 Å². The lowest BCUT2D eigenvalue weighted by Crippen LogP contribution is -2.39. The highest BCUT2D eigenvalue weighted by molar-refractivity contribution is 9.09. The van der Waals surface area contributed by atoms with E-state index in [1.807, 2.05) is 0 Å². The molecule has 2 aliphatic heterocycles. The van der Waals surface area contributed by atoms with E-state index in [0.29, 0.717) is 12.0 Å². The van der Waals surface area contributed by atoms with E-state index in [0.717, 1.165) is 11.2 Å². The Morgan fingerprint density at radius 2 is 1.57 bits per heavy atom. The first-order valence-corrected chi connectivity index (χ1v) is 10.6. The van der Waals surface area contributed by atoms with Crippen LogP contribution < -0.4 is 0 Å². The van der Waals surface area contributed by atoms with Gasteiger partial charge in [-0.1, -0.05) is 74.2 Å². The van der Waals surface area contributed by atoms with Crippen LogP contribution >= 0.6 is 15.9 Å². The van der Waals surface area contributed by atoms with Crippen LogP contribution in [0.5, 0.6) is 0 Å². The molecule has 21 heavy (non-hydrogen) atoms. The molecule has 1 nitrogen and oxygen atoms in total. The summed E-state index contributed by atoms with van der Waals surface area (Å²) >= 11 is 3.73. The van der Waals surface area contributed by atoms with E-state index >= 15 is 0 Å². The lowest BCUT2D eigenvalue weighted by atomic mass is 9.75. The molecule has 3 aliphatic rings. The Hall–Kier alpha value is 0.440. The molecule has 2 saturated heterocycles. The molecule has 1 aliphatic carbocycles. The highest BCUT2D eigenvalue weighted by Crippen LogP contribution is 2.46. The molecule has 2 bridgehead atoms. The van der Waals surface area contributed by atoms with Crippen LogP contribution in [0.1, 0.15) is 90.4 Å². The topological polar surface area (TPSA) is 9.23 Å². The van der Waals surface area contributed by atoms with Crippen LogP contribution in [-0.4, -0.2) is 11.4 Å². The van der Waals surface area contributed by atoms with Gasteiger partial charge in [-0.2, -0.15) is 0 Å². The van der Waals surface area contributed by atoms with Crippen molar-refractivity contribution >= 4 is 15.9 Å². The second-order valence-corrected chi connectivity index (χ2v) is 7.76. The highest BCUT2D eigenvalue weighted by Gasteiger charge is 2.40. The maximum atomic E-state index is 6.25. The first-order chi connectivity index (χ1) is 10.3. The molecular formula is C19H34BrO. The quantitative estimate of drug-likeness (QED) is 0.297. The van der Waals surface area contributed by atoms with Gasteiger partial charge in [-0.15, -0.1) is 0 Å². The predicted octanol–water partition coefficient (Wildman–Crippen LogP) is 6.65. The molecule has 1 unspecified atom stereocenters. The molecule has 0 amide bonds. The molecule has 2 heterocycles. The second kappa shape index (κ2) is 10.3. The Morgan fingerprint density at radius 3 is 2.10 bits per heavy atom. The third-order valence-corrected chi connectivity index (χ3v) is 6.16. The van der Waals surface area contributed by atoms with Crippen molar-refractivity contribution in [1.29, 1.82) is 0 Å². The summed E-state index contributed by atoms with van der Waals surface area (Å²) in [5.41, 5.74) is 0. The number of hydrogen-bond donors (Lipinski definition) is 0. The fraction of sp³-hybridized carbons (Fsp3) is 0.947. The summed E-state index contributed by atoms with van der Waals surface area (Å²) in [4.78, 5) is 0. The average Bonchev–Trinajstić information content (AvgIpc) is 2.54. The Balaban J connectivity index is 1.56. The lowest BCUT2D eigenvalue weighted by molar-refractivity contribution is -0.0745. The van der Waals surface area contributed by atoms with Crippen LogP contribution in [-0.2, 0) is 4.74 Å². The predicted molar refractivity (Wildman–Crippen MR) is 94.6 cm³/mol. The zero-order valence-corrected chi connectivity index (χ0v) is 15.5. The molecule has 0 aromatic rings. The first kappa shape index (κ1) is 17.8. The number of ether oxygens (including phenoxy) is 1. The minimum Gasteiger partial charge on any atom is -0.368 e. The zero-order valence-electron chi connectivity index (χ0n) is 13.9. The van der Waals surface area contributed by atoms with Crippen LogP contribution in [0, 0.1) is 17.9 Å². The largest absolute Gasteiger partial charge is 0.368 e. The fourth-order valence-electron chi connectivity index (χ4n) is 4.00. The van der Waals surface area contributed by atoms with E-state index in [4.69, 9.17) is 4.74 Å². The molecule has 123 valence electrons.